The van der Waals surface area contributed by atoms with E-state index in [1.54, 1.807) is 7.11 Å². The average Bonchev–Trinajstić information content (AvgIpc) is 2.18. The number of aliphatic hydroxyl groups is 1. The smallest absolute Gasteiger partial charge is 0.234 e. The van der Waals surface area contributed by atoms with Crippen molar-refractivity contribution < 1.29 is 14.6 Å². The third-order valence-electron chi connectivity index (χ3n) is 1.95. The van der Waals surface area contributed by atoms with Gasteiger partial charge in [-0.3, -0.25) is 4.79 Å². The molecule has 5 nitrogen and oxygen atoms in total. The van der Waals surface area contributed by atoms with Crippen molar-refractivity contribution in [3.05, 3.63) is 0 Å². The first-order valence-corrected chi connectivity index (χ1v) is 5.09. The van der Waals surface area contributed by atoms with Crippen LogP contribution < -0.4 is 10.6 Å². The number of nitrogens with one attached hydrogen (secondary N) is 2. The Morgan fingerprint density at radius 3 is 2.67 bits per heavy atom. The molecule has 1 amide bonds. The minimum absolute atomic E-state index is 0.0548. The molecule has 0 aliphatic carbocycles. The molecule has 90 valence electrons. The van der Waals surface area contributed by atoms with Crippen LogP contribution in [0.2, 0.25) is 0 Å². The fourth-order valence-electron chi connectivity index (χ4n) is 0.925. The van der Waals surface area contributed by atoms with E-state index in [1.165, 1.54) is 0 Å². The second kappa shape index (κ2) is 7.62. The van der Waals surface area contributed by atoms with Crippen LogP contribution in [0, 0.1) is 5.41 Å². The highest BCUT2D eigenvalue weighted by atomic mass is 16.5. The van der Waals surface area contributed by atoms with Gasteiger partial charge < -0.3 is 20.5 Å². The van der Waals surface area contributed by atoms with E-state index in [-0.39, 0.29) is 24.5 Å². The van der Waals surface area contributed by atoms with E-state index < -0.39 is 0 Å². The molecule has 3 N–H and O–H groups in total. The van der Waals surface area contributed by atoms with E-state index >= 15 is 0 Å². The van der Waals surface area contributed by atoms with E-state index in [2.05, 4.69) is 10.6 Å². The van der Waals surface area contributed by atoms with E-state index in [0.717, 1.165) is 0 Å². The van der Waals surface area contributed by atoms with Crippen LogP contribution in [0.1, 0.15) is 13.8 Å². The molecule has 0 aromatic heterocycles. The summed E-state index contributed by atoms with van der Waals surface area (Å²) < 4.78 is 4.80. The first-order valence-electron chi connectivity index (χ1n) is 5.09. The van der Waals surface area contributed by atoms with Crippen LogP contribution in [0.15, 0.2) is 0 Å². The molecule has 0 aromatic carbocycles. The van der Waals surface area contributed by atoms with Gasteiger partial charge in [-0.25, -0.2) is 0 Å². The topological polar surface area (TPSA) is 70.6 Å². The van der Waals surface area contributed by atoms with Crippen molar-refractivity contribution in [1.29, 1.82) is 0 Å². The molecule has 0 rings (SSSR count). The van der Waals surface area contributed by atoms with Crippen molar-refractivity contribution >= 4 is 5.91 Å². The SMILES string of the molecule is COCCNC(=O)CNCC(C)(C)CO. The normalized spacial score (nSPS) is 11.5. The van der Waals surface area contributed by atoms with Crippen molar-refractivity contribution in [2.24, 2.45) is 5.41 Å². The van der Waals surface area contributed by atoms with Gasteiger partial charge >= 0.3 is 0 Å². The van der Waals surface area contributed by atoms with Gasteiger partial charge in [0.15, 0.2) is 0 Å². The summed E-state index contributed by atoms with van der Waals surface area (Å²) in [4.78, 5) is 11.2. The lowest BCUT2D eigenvalue weighted by molar-refractivity contribution is -0.120. The molecule has 0 spiro atoms. The highest BCUT2D eigenvalue weighted by Gasteiger charge is 2.15. The van der Waals surface area contributed by atoms with Crippen LogP contribution in [0.5, 0.6) is 0 Å². The Balaban J connectivity index is 3.46. The molecular formula is C10H22N2O3. The Kier molecular flexibility index (Phi) is 7.29. The number of aliphatic hydroxyl groups excluding tert-OH is 1. The maximum Gasteiger partial charge on any atom is 0.234 e. The molecule has 0 aromatic rings. The predicted octanol–water partition coefficient (Wildman–Crippen LogP) is -0.643. The molecule has 5 heteroatoms. The van der Waals surface area contributed by atoms with Crippen molar-refractivity contribution in [3.63, 3.8) is 0 Å². The van der Waals surface area contributed by atoms with Gasteiger partial charge in [0.05, 0.1) is 13.2 Å². The fourth-order valence-corrected chi connectivity index (χ4v) is 0.925. The van der Waals surface area contributed by atoms with Crippen LogP contribution in [-0.4, -0.2) is 51.0 Å². The molecule has 0 aliphatic rings. The minimum Gasteiger partial charge on any atom is -0.396 e. The lowest BCUT2D eigenvalue weighted by Gasteiger charge is -2.21. The zero-order valence-electron chi connectivity index (χ0n) is 9.80. The van der Waals surface area contributed by atoms with Gasteiger partial charge in [-0.05, 0) is 0 Å². The Hall–Kier alpha value is -0.650. The zero-order valence-corrected chi connectivity index (χ0v) is 9.80. The fraction of sp³-hybridized carbons (Fsp3) is 0.900. The quantitative estimate of drug-likeness (QED) is 0.474. The Bertz CT molecular complexity index is 184. The Morgan fingerprint density at radius 1 is 1.47 bits per heavy atom. The van der Waals surface area contributed by atoms with Gasteiger partial charge in [0, 0.05) is 32.2 Å². The number of carbonyl (C=O) groups is 1. The zero-order chi connectivity index (χ0) is 11.7. The van der Waals surface area contributed by atoms with E-state index in [4.69, 9.17) is 9.84 Å². The molecule has 0 unspecified atom stereocenters. The molecule has 0 radical (unpaired) electrons. The second-order valence-electron chi connectivity index (χ2n) is 4.27. The number of hydrogen-bond donors (Lipinski definition) is 3. The van der Waals surface area contributed by atoms with E-state index in [0.29, 0.717) is 19.7 Å². The molecule has 0 fully saturated rings. The van der Waals surface area contributed by atoms with Crippen LogP contribution in [0.25, 0.3) is 0 Å². The lowest BCUT2D eigenvalue weighted by Crippen LogP contribution is -2.40. The highest BCUT2D eigenvalue weighted by molar-refractivity contribution is 5.77. The summed E-state index contributed by atoms with van der Waals surface area (Å²) in [5, 5.41) is 14.7. The maximum atomic E-state index is 11.2. The molecule has 0 bridgehead atoms. The van der Waals surface area contributed by atoms with Gasteiger partial charge in [-0.15, -0.1) is 0 Å². The number of methoxy groups -OCH3 is 1. The Labute approximate surface area is 91.2 Å². The third-order valence-corrected chi connectivity index (χ3v) is 1.95. The minimum atomic E-state index is -0.188. The highest BCUT2D eigenvalue weighted by Crippen LogP contribution is 2.10. The third kappa shape index (κ3) is 8.35. The number of ether oxygens (including phenoxy) is 1. The van der Waals surface area contributed by atoms with E-state index in [1.807, 2.05) is 13.8 Å². The Morgan fingerprint density at radius 2 is 2.13 bits per heavy atom. The van der Waals surface area contributed by atoms with Gasteiger partial charge in [0.1, 0.15) is 0 Å². The molecule has 0 atom stereocenters. The number of carbonyl (C=O) groups excluding carboxylic acids is 1. The summed E-state index contributed by atoms with van der Waals surface area (Å²) >= 11 is 0. The molecule has 0 saturated carbocycles. The van der Waals surface area contributed by atoms with Crippen LogP contribution in [-0.2, 0) is 9.53 Å². The molecule has 0 heterocycles. The summed E-state index contributed by atoms with van der Waals surface area (Å²) in [6.45, 7) is 5.90. The van der Waals surface area contributed by atoms with Crippen LogP contribution in [0.3, 0.4) is 0 Å². The van der Waals surface area contributed by atoms with Crippen molar-refractivity contribution in [2.75, 3.05) is 40.0 Å². The van der Waals surface area contributed by atoms with Crippen molar-refractivity contribution in [3.8, 4) is 0 Å². The average molecular weight is 218 g/mol. The van der Waals surface area contributed by atoms with Gasteiger partial charge in [0.2, 0.25) is 5.91 Å². The summed E-state index contributed by atoms with van der Waals surface area (Å²) in [6.07, 6.45) is 0. The summed E-state index contributed by atoms with van der Waals surface area (Å²) in [7, 11) is 1.59. The van der Waals surface area contributed by atoms with Crippen molar-refractivity contribution in [1.82, 2.24) is 10.6 Å². The standard InChI is InChI=1S/C10H22N2O3/c1-10(2,8-13)7-11-6-9(14)12-4-5-15-3/h11,13H,4-8H2,1-3H3,(H,12,14). The lowest BCUT2D eigenvalue weighted by atomic mass is 9.95. The number of amides is 1. The molecule has 15 heavy (non-hydrogen) atoms. The second-order valence-corrected chi connectivity index (χ2v) is 4.27. The van der Waals surface area contributed by atoms with Crippen LogP contribution >= 0.6 is 0 Å². The monoisotopic (exact) mass is 218 g/mol. The van der Waals surface area contributed by atoms with Crippen LogP contribution in [0.4, 0.5) is 0 Å². The van der Waals surface area contributed by atoms with Crippen molar-refractivity contribution in [2.45, 2.75) is 13.8 Å². The summed E-state index contributed by atoms with van der Waals surface area (Å²) in [5.41, 5.74) is -0.188. The molecule has 0 saturated heterocycles. The van der Waals surface area contributed by atoms with Gasteiger partial charge in [-0.2, -0.15) is 0 Å². The predicted molar refractivity (Wildman–Crippen MR) is 58.6 cm³/mol. The van der Waals surface area contributed by atoms with Gasteiger partial charge in [-0.1, -0.05) is 13.8 Å². The first kappa shape index (κ1) is 14.3. The number of hydrogen-bond acceptors (Lipinski definition) is 4. The summed E-state index contributed by atoms with van der Waals surface area (Å²) in [6, 6.07) is 0. The van der Waals surface area contributed by atoms with E-state index in [9.17, 15) is 4.79 Å². The number of rotatable bonds is 8. The van der Waals surface area contributed by atoms with Gasteiger partial charge in [0.25, 0.3) is 0 Å². The largest absolute Gasteiger partial charge is 0.396 e. The first-order chi connectivity index (χ1) is 7.02. The summed E-state index contributed by atoms with van der Waals surface area (Å²) in [5.74, 6) is -0.0548. The molecule has 0 aliphatic heterocycles. The maximum absolute atomic E-state index is 11.2. The molecular weight excluding hydrogens is 196 g/mol.